The minimum absolute atomic E-state index is 0.0283. The summed E-state index contributed by atoms with van der Waals surface area (Å²) >= 11 is 0. The van der Waals surface area contributed by atoms with E-state index < -0.39 is 26.5 Å². The lowest BCUT2D eigenvalue weighted by atomic mass is 10.0. The van der Waals surface area contributed by atoms with Crippen molar-refractivity contribution in [3.05, 3.63) is 60.8 Å². The van der Waals surface area contributed by atoms with Gasteiger partial charge in [-0.1, -0.05) is 280 Å². The lowest BCUT2D eigenvalue weighted by molar-refractivity contribution is -0.870. The van der Waals surface area contributed by atoms with Crippen molar-refractivity contribution in [2.24, 2.45) is 0 Å². The van der Waals surface area contributed by atoms with E-state index in [0.717, 1.165) is 64.2 Å². The van der Waals surface area contributed by atoms with E-state index in [4.69, 9.17) is 18.5 Å². The van der Waals surface area contributed by atoms with Gasteiger partial charge in [0.1, 0.15) is 19.8 Å². The van der Waals surface area contributed by atoms with Gasteiger partial charge in [0.05, 0.1) is 27.7 Å². The molecule has 0 aliphatic rings. The molecule has 0 N–H and O–H groups in total. The molecule has 0 heterocycles. The molecule has 0 aromatic rings. The molecule has 0 amide bonds. The SMILES string of the molecule is CC/C=C\C/C=C\C/C=C\C/C=C\C/C=C\CCCCCCCCCCCCCCCCCCCCCCCCCCCC(=O)OC(COC(=O)CCCCCCCCCCCC)COP(=O)([O-])OCC[N+](C)(C)C. The number of allylic oxidation sites excluding steroid dienone is 10. The zero-order valence-electron chi connectivity index (χ0n) is 49.7. The maximum absolute atomic E-state index is 12.8. The Labute approximate surface area is 464 Å². The summed E-state index contributed by atoms with van der Waals surface area (Å²) in [7, 11) is 1.18. The van der Waals surface area contributed by atoms with E-state index in [2.05, 4.69) is 74.6 Å². The number of likely N-dealkylation sites (N-methyl/N-ethyl adjacent to an activating group) is 1. The highest BCUT2D eigenvalue weighted by Crippen LogP contribution is 2.38. The Hall–Kier alpha value is -2.29. The Bertz CT molecular complexity index is 1450. The number of quaternary nitrogens is 1. The van der Waals surface area contributed by atoms with Gasteiger partial charge in [0.2, 0.25) is 0 Å². The second-order valence-electron chi connectivity index (χ2n) is 22.4. The van der Waals surface area contributed by atoms with E-state index in [1.807, 2.05) is 21.1 Å². The zero-order chi connectivity index (χ0) is 54.9. The number of carbonyl (C=O) groups is 2. The minimum Gasteiger partial charge on any atom is -0.756 e. The first-order valence-corrected chi connectivity index (χ1v) is 33.0. The third-order valence-corrected chi connectivity index (χ3v) is 14.8. The molecule has 9 nitrogen and oxygen atoms in total. The van der Waals surface area contributed by atoms with Gasteiger partial charge in [-0.2, -0.15) is 0 Å². The first-order chi connectivity index (χ1) is 36.5. The highest BCUT2D eigenvalue weighted by molar-refractivity contribution is 7.45. The number of unbranched alkanes of at least 4 members (excludes halogenated alkanes) is 34. The fraction of sp³-hybridized carbons (Fsp3) is 0.815. The average molecular weight is 1070 g/mol. The number of carbonyl (C=O) groups excluding carboxylic acids is 2. The first-order valence-electron chi connectivity index (χ1n) is 31.5. The molecule has 2 unspecified atom stereocenters. The van der Waals surface area contributed by atoms with Crippen molar-refractivity contribution in [1.29, 1.82) is 0 Å². The normalized spacial score (nSPS) is 13.6. The van der Waals surface area contributed by atoms with Gasteiger partial charge in [-0.3, -0.25) is 14.2 Å². The van der Waals surface area contributed by atoms with Crippen molar-refractivity contribution in [3.63, 3.8) is 0 Å². The number of hydrogen-bond acceptors (Lipinski definition) is 8. The van der Waals surface area contributed by atoms with Crippen LogP contribution in [0.5, 0.6) is 0 Å². The predicted molar refractivity (Wildman–Crippen MR) is 319 cm³/mol. The number of ether oxygens (including phenoxy) is 2. The maximum atomic E-state index is 12.8. The fourth-order valence-corrected chi connectivity index (χ4v) is 9.71. The standard InChI is InChI=1S/C65H120NO8P/c1-6-8-10-12-14-16-18-19-20-21-22-23-24-25-26-27-28-29-30-31-32-33-34-35-36-37-38-39-40-41-42-43-44-45-46-47-48-50-52-54-56-58-65(68)74-63(62-73-75(69,70)72-60-59-66(3,4)5)61-71-64(67)57-55-53-51-49-17-15-13-11-9-7-2/h8,10,14,16,19-20,22-23,25-26,63H,6-7,9,11-13,15,17-18,21,24,27-62H2,1-5H3/b10-8-,16-14-,20-19-,23-22-,26-25-. The van der Waals surface area contributed by atoms with Gasteiger partial charge in [-0.05, 0) is 57.8 Å². The van der Waals surface area contributed by atoms with Gasteiger partial charge < -0.3 is 27.9 Å². The molecule has 438 valence electrons. The summed E-state index contributed by atoms with van der Waals surface area (Å²) in [6, 6.07) is 0. The maximum Gasteiger partial charge on any atom is 0.306 e. The second kappa shape index (κ2) is 56.4. The highest BCUT2D eigenvalue weighted by Gasteiger charge is 2.22. The summed E-state index contributed by atoms with van der Waals surface area (Å²) < 4.78 is 34.1. The van der Waals surface area contributed by atoms with Gasteiger partial charge >= 0.3 is 11.9 Å². The number of phosphoric ester groups is 1. The smallest absolute Gasteiger partial charge is 0.306 e. The number of hydrogen-bond donors (Lipinski definition) is 0. The third-order valence-electron chi connectivity index (χ3n) is 13.8. The fourth-order valence-electron chi connectivity index (χ4n) is 8.98. The van der Waals surface area contributed by atoms with Crippen LogP contribution < -0.4 is 4.89 Å². The van der Waals surface area contributed by atoms with Crippen LogP contribution in [0, 0.1) is 0 Å². The van der Waals surface area contributed by atoms with Crippen LogP contribution in [0.15, 0.2) is 60.8 Å². The van der Waals surface area contributed by atoms with Crippen molar-refractivity contribution in [3.8, 4) is 0 Å². The van der Waals surface area contributed by atoms with Crippen LogP contribution in [0.2, 0.25) is 0 Å². The molecule has 0 aromatic heterocycles. The molecule has 0 aliphatic heterocycles. The summed E-state index contributed by atoms with van der Waals surface area (Å²) in [5.41, 5.74) is 0. The minimum atomic E-state index is -4.63. The summed E-state index contributed by atoms with van der Waals surface area (Å²) in [6.07, 6.45) is 73.2. The largest absolute Gasteiger partial charge is 0.756 e. The van der Waals surface area contributed by atoms with Crippen LogP contribution in [0.3, 0.4) is 0 Å². The predicted octanol–water partition coefficient (Wildman–Crippen LogP) is 19.2. The number of rotatable bonds is 58. The molecule has 0 rings (SSSR count). The van der Waals surface area contributed by atoms with Gasteiger partial charge in [0.15, 0.2) is 6.10 Å². The monoisotopic (exact) mass is 1070 g/mol. The van der Waals surface area contributed by atoms with E-state index in [1.165, 1.54) is 193 Å². The molecule has 75 heavy (non-hydrogen) atoms. The van der Waals surface area contributed by atoms with Crippen molar-refractivity contribution in [1.82, 2.24) is 0 Å². The lowest BCUT2D eigenvalue weighted by Gasteiger charge is -2.28. The van der Waals surface area contributed by atoms with Crippen LogP contribution in [-0.4, -0.2) is 70.0 Å². The second-order valence-corrected chi connectivity index (χ2v) is 23.8. The molecule has 0 fully saturated rings. The topological polar surface area (TPSA) is 111 Å². The van der Waals surface area contributed by atoms with E-state index in [-0.39, 0.29) is 32.0 Å². The number of phosphoric acid groups is 1. The molecule has 0 aromatic carbocycles. The molecule has 0 saturated carbocycles. The van der Waals surface area contributed by atoms with Crippen LogP contribution in [0.25, 0.3) is 0 Å². The molecule has 0 radical (unpaired) electrons. The lowest BCUT2D eigenvalue weighted by Crippen LogP contribution is -2.37. The molecule has 0 saturated heterocycles. The summed E-state index contributed by atoms with van der Waals surface area (Å²) in [5, 5.41) is 0. The van der Waals surface area contributed by atoms with Crippen molar-refractivity contribution < 1.29 is 42.1 Å². The molecular formula is C65H120NO8P. The quantitative estimate of drug-likeness (QED) is 0.0195. The van der Waals surface area contributed by atoms with Gasteiger partial charge in [-0.15, -0.1) is 0 Å². The molecule has 10 heteroatoms. The molecule has 2 atom stereocenters. The van der Waals surface area contributed by atoms with Crippen LogP contribution in [-0.2, 0) is 32.7 Å². The van der Waals surface area contributed by atoms with Gasteiger partial charge in [0.25, 0.3) is 7.82 Å². The molecular weight excluding hydrogens is 954 g/mol. The summed E-state index contributed by atoms with van der Waals surface area (Å²) in [6.45, 7) is 4.13. The van der Waals surface area contributed by atoms with Crippen molar-refractivity contribution in [2.75, 3.05) is 47.5 Å². The molecule has 0 bridgehead atoms. The zero-order valence-corrected chi connectivity index (χ0v) is 50.6. The summed E-state index contributed by atoms with van der Waals surface area (Å²) in [5.74, 6) is -0.822. The van der Waals surface area contributed by atoms with Crippen LogP contribution >= 0.6 is 7.82 Å². The van der Waals surface area contributed by atoms with Crippen LogP contribution in [0.4, 0.5) is 0 Å². The molecule has 0 aliphatic carbocycles. The van der Waals surface area contributed by atoms with Gasteiger partial charge in [0, 0.05) is 12.8 Å². The Morgan fingerprint density at radius 3 is 1.13 bits per heavy atom. The first kappa shape index (κ1) is 72.7. The van der Waals surface area contributed by atoms with E-state index in [0.29, 0.717) is 17.4 Å². The van der Waals surface area contributed by atoms with Crippen molar-refractivity contribution in [2.45, 2.75) is 296 Å². The van der Waals surface area contributed by atoms with E-state index >= 15 is 0 Å². The Kier molecular flexibility index (Phi) is 54.7. The average Bonchev–Trinajstić information content (AvgIpc) is 3.37. The van der Waals surface area contributed by atoms with Crippen molar-refractivity contribution >= 4 is 19.8 Å². The number of nitrogens with zero attached hydrogens (tertiary/aromatic N) is 1. The van der Waals surface area contributed by atoms with Crippen LogP contribution in [0.1, 0.15) is 290 Å². The van der Waals surface area contributed by atoms with Gasteiger partial charge in [-0.25, -0.2) is 0 Å². The van der Waals surface area contributed by atoms with E-state index in [1.54, 1.807) is 0 Å². The molecule has 0 spiro atoms. The third kappa shape index (κ3) is 60.8. The Morgan fingerprint density at radius 1 is 0.427 bits per heavy atom. The van der Waals surface area contributed by atoms with E-state index in [9.17, 15) is 19.0 Å². The Morgan fingerprint density at radius 2 is 0.760 bits per heavy atom. The summed E-state index contributed by atoms with van der Waals surface area (Å²) in [4.78, 5) is 37.7. The number of esters is 2. The highest BCUT2D eigenvalue weighted by atomic mass is 31.2. The Balaban J connectivity index is 3.81.